The van der Waals surface area contributed by atoms with E-state index in [4.69, 9.17) is 10.8 Å². The molecule has 1 aromatic rings. The summed E-state index contributed by atoms with van der Waals surface area (Å²) < 4.78 is 25.4. The van der Waals surface area contributed by atoms with Gasteiger partial charge in [0, 0.05) is 12.4 Å². The molecular weight excluding hydrogens is 184 g/mol. The Morgan fingerprint density at radius 1 is 1.77 bits per heavy atom. The zero-order valence-electron chi connectivity index (χ0n) is 6.37. The van der Waals surface area contributed by atoms with Gasteiger partial charge in [-0.1, -0.05) is 0 Å². The third kappa shape index (κ3) is 1.64. The largest absolute Gasteiger partial charge is 0.477 e. The van der Waals surface area contributed by atoms with E-state index in [-0.39, 0.29) is 5.82 Å². The van der Waals surface area contributed by atoms with Crippen LogP contribution in [0.3, 0.4) is 0 Å². The monoisotopic (exact) mass is 191 g/mol. The Morgan fingerprint density at radius 2 is 2.38 bits per heavy atom. The van der Waals surface area contributed by atoms with E-state index in [1.165, 1.54) is 12.4 Å². The first-order chi connectivity index (χ1) is 5.96. The van der Waals surface area contributed by atoms with Crippen LogP contribution in [-0.4, -0.2) is 27.0 Å². The number of nitrogens with zero attached hydrogens (tertiary/aromatic N) is 1. The van der Waals surface area contributed by atoms with Gasteiger partial charge in [0.25, 0.3) is 0 Å². The number of rotatable bonds is 3. The van der Waals surface area contributed by atoms with Crippen molar-refractivity contribution < 1.29 is 18.7 Å². The Labute approximate surface area is 71.6 Å². The zero-order valence-corrected chi connectivity index (χ0v) is 6.37. The smallest absolute Gasteiger partial charge is 0.376 e. The predicted molar refractivity (Wildman–Crippen MR) is 38.1 cm³/mol. The van der Waals surface area contributed by atoms with Crippen molar-refractivity contribution in [2.45, 2.75) is 12.0 Å². The van der Waals surface area contributed by atoms with Crippen LogP contribution in [0.25, 0.3) is 0 Å². The van der Waals surface area contributed by atoms with Gasteiger partial charge in [0.15, 0.2) is 0 Å². The quantitative estimate of drug-likeness (QED) is 0.633. The molecule has 72 valence electrons. The van der Waals surface area contributed by atoms with E-state index in [2.05, 4.69) is 9.97 Å². The molecule has 5 nitrogen and oxygen atoms in total. The van der Waals surface area contributed by atoms with Crippen molar-refractivity contribution in [2.24, 2.45) is 5.73 Å². The summed E-state index contributed by atoms with van der Waals surface area (Å²) in [4.78, 5) is 15.8. The normalized spacial score (nSPS) is 14.1. The van der Waals surface area contributed by atoms with Gasteiger partial charge in [0.2, 0.25) is 0 Å². The molecule has 0 amide bonds. The molecule has 0 bridgehead atoms. The van der Waals surface area contributed by atoms with Gasteiger partial charge in [-0.2, -0.15) is 8.78 Å². The Morgan fingerprint density at radius 3 is 2.77 bits per heavy atom. The third-order valence-electron chi connectivity index (χ3n) is 1.49. The summed E-state index contributed by atoms with van der Waals surface area (Å²) in [6.07, 6.45) is 2.50. The highest BCUT2D eigenvalue weighted by molar-refractivity contribution is 5.76. The highest BCUT2D eigenvalue weighted by Crippen LogP contribution is 2.27. The van der Waals surface area contributed by atoms with Crippen LogP contribution in [0.1, 0.15) is 11.9 Å². The molecule has 0 spiro atoms. The number of aliphatic carboxylic acids is 1. The fraction of sp³-hybridized carbons (Fsp3) is 0.333. The van der Waals surface area contributed by atoms with Crippen LogP contribution in [0.2, 0.25) is 0 Å². The van der Waals surface area contributed by atoms with Gasteiger partial charge in [0.05, 0.1) is 0 Å². The fourth-order valence-corrected chi connectivity index (χ4v) is 0.752. The molecule has 7 heteroatoms. The molecular formula is C6H7F2N3O2. The highest BCUT2D eigenvalue weighted by Gasteiger charge is 2.47. The Bertz CT molecular complexity index is 299. The Hall–Kier alpha value is -1.50. The SMILES string of the molecule is N[C@H](c1ncc[nH]1)C(F)(F)C(=O)O. The number of aromatic amines is 1. The first kappa shape index (κ1) is 9.59. The molecule has 4 N–H and O–H groups in total. The van der Waals surface area contributed by atoms with Gasteiger partial charge in [-0.05, 0) is 0 Å². The molecule has 0 aliphatic heterocycles. The van der Waals surface area contributed by atoms with Crippen LogP contribution in [0, 0.1) is 0 Å². The molecule has 0 aliphatic rings. The number of carboxylic acid groups (broad SMARTS) is 1. The number of carbonyl (C=O) groups is 1. The number of carboxylic acids is 1. The predicted octanol–water partition coefficient (Wildman–Crippen LogP) is 0.129. The van der Waals surface area contributed by atoms with Gasteiger partial charge in [-0.15, -0.1) is 0 Å². The molecule has 0 radical (unpaired) electrons. The maximum atomic E-state index is 12.7. The number of hydrogen-bond donors (Lipinski definition) is 3. The molecule has 0 saturated heterocycles. The minimum absolute atomic E-state index is 0.257. The van der Waals surface area contributed by atoms with Crippen molar-refractivity contribution in [1.82, 2.24) is 9.97 Å². The second-order valence-corrected chi connectivity index (χ2v) is 2.38. The first-order valence-corrected chi connectivity index (χ1v) is 3.32. The van der Waals surface area contributed by atoms with Gasteiger partial charge < -0.3 is 15.8 Å². The summed E-state index contributed by atoms with van der Waals surface area (Å²) in [5, 5.41) is 8.14. The minimum Gasteiger partial charge on any atom is -0.477 e. The van der Waals surface area contributed by atoms with Crippen molar-refractivity contribution in [3.63, 3.8) is 0 Å². The van der Waals surface area contributed by atoms with E-state index >= 15 is 0 Å². The van der Waals surface area contributed by atoms with Gasteiger partial charge in [-0.3, -0.25) is 0 Å². The molecule has 0 unspecified atom stereocenters. The van der Waals surface area contributed by atoms with Crippen LogP contribution in [0.5, 0.6) is 0 Å². The molecule has 0 fully saturated rings. The standard InChI is InChI=1S/C6H7F2N3O2/c7-6(8,5(12)13)3(9)4-10-1-2-11-4/h1-3H,9H2,(H,10,11)(H,12,13)/t3-/m1/s1. The summed E-state index contributed by atoms with van der Waals surface area (Å²) in [6, 6.07) is -1.96. The summed E-state index contributed by atoms with van der Waals surface area (Å²) in [5.74, 6) is -6.54. The maximum absolute atomic E-state index is 12.7. The lowest BCUT2D eigenvalue weighted by atomic mass is 10.1. The average molecular weight is 191 g/mol. The molecule has 13 heavy (non-hydrogen) atoms. The average Bonchev–Trinajstić information content (AvgIpc) is 2.54. The van der Waals surface area contributed by atoms with Crippen LogP contribution in [0.4, 0.5) is 8.78 Å². The number of H-pyrrole nitrogens is 1. The lowest BCUT2D eigenvalue weighted by Gasteiger charge is -2.16. The number of halogens is 2. The van der Waals surface area contributed by atoms with Gasteiger partial charge >= 0.3 is 11.9 Å². The van der Waals surface area contributed by atoms with Gasteiger partial charge in [-0.25, -0.2) is 9.78 Å². The lowest BCUT2D eigenvalue weighted by Crippen LogP contribution is -2.40. The summed E-state index contributed by atoms with van der Waals surface area (Å²) in [7, 11) is 0. The molecule has 0 aromatic carbocycles. The molecule has 1 rings (SSSR count). The third-order valence-corrected chi connectivity index (χ3v) is 1.49. The molecule has 0 aliphatic carbocycles. The molecule has 1 aromatic heterocycles. The number of alkyl halides is 2. The second-order valence-electron chi connectivity index (χ2n) is 2.38. The van der Waals surface area contributed by atoms with Crippen molar-refractivity contribution in [2.75, 3.05) is 0 Å². The summed E-state index contributed by atoms with van der Waals surface area (Å²) in [6.45, 7) is 0. The van der Waals surface area contributed by atoms with Crippen LogP contribution in [0.15, 0.2) is 12.4 Å². The van der Waals surface area contributed by atoms with E-state index in [0.717, 1.165) is 0 Å². The molecule has 1 heterocycles. The van der Waals surface area contributed by atoms with Crippen molar-refractivity contribution >= 4 is 5.97 Å². The maximum Gasteiger partial charge on any atom is 0.376 e. The highest BCUT2D eigenvalue weighted by atomic mass is 19.3. The molecule has 0 saturated carbocycles. The van der Waals surface area contributed by atoms with Crippen LogP contribution < -0.4 is 5.73 Å². The lowest BCUT2D eigenvalue weighted by molar-refractivity contribution is -0.168. The molecule has 1 atom stereocenters. The number of hydrogen-bond acceptors (Lipinski definition) is 3. The van der Waals surface area contributed by atoms with E-state index < -0.39 is 17.9 Å². The summed E-state index contributed by atoms with van der Waals surface area (Å²) in [5.41, 5.74) is 4.99. The van der Waals surface area contributed by atoms with E-state index in [0.29, 0.717) is 0 Å². The topological polar surface area (TPSA) is 92.0 Å². The first-order valence-electron chi connectivity index (χ1n) is 3.32. The fourth-order valence-electron chi connectivity index (χ4n) is 0.752. The Balaban J connectivity index is 2.90. The van der Waals surface area contributed by atoms with Crippen molar-refractivity contribution in [1.29, 1.82) is 0 Å². The van der Waals surface area contributed by atoms with E-state index in [1.54, 1.807) is 0 Å². The van der Waals surface area contributed by atoms with Crippen molar-refractivity contribution in [3.8, 4) is 0 Å². The number of nitrogens with two attached hydrogens (primary N) is 1. The van der Waals surface area contributed by atoms with Gasteiger partial charge in [0.1, 0.15) is 11.9 Å². The van der Waals surface area contributed by atoms with Crippen LogP contribution >= 0.6 is 0 Å². The number of imidazole rings is 1. The van der Waals surface area contributed by atoms with Crippen LogP contribution in [-0.2, 0) is 4.79 Å². The van der Waals surface area contributed by atoms with E-state index in [1.807, 2.05) is 0 Å². The number of aromatic nitrogens is 2. The van der Waals surface area contributed by atoms with Crippen molar-refractivity contribution in [3.05, 3.63) is 18.2 Å². The van der Waals surface area contributed by atoms with E-state index in [9.17, 15) is 13.6 Å². The summed E-state index contributed by atoms with van der Waals surface area (Å²) >= 11 is 0. The minimum atomic E-state index is -4.02. The second kappa shape index (κ2) is 3.09. The zero-order chi connectivity index (χ0) is 10.1. The number of nitrogens with one attached hydrogen (secondary N) is 1. The Kier molecular flexibility index (Phi) is 2.28.